The summed E-state index contributed by atoms with van der Waals surface area (Å²) in [5.74, 6) is 0.753. The zero-order valence-electron chi connectivity index (χ0n) is 17.6. The average molecular weight is 440 g/mol. The molecule has 0 aliphatic heterocycles. The summed E-state index contributed by atoms with van der Waals surface area (Å²) in [5, 5.41) is 2.94. The van der Waals surface area contributed by atoms with Crippen molar-refractivity contribution in [3.05, 3.63) is 96.3 Å². The van der Waals surface area contributed by atoms with E-state index in [1.54, 1.807) is 18.2 Å². The third-order valence-electron chi connectivity index (χ3n) is 5.33. The van der Waals surface area contributed by atoms with Gasteiger partial charge in [-0.15, -0.1) is 0 Å². The Morgan fingerprint density at radius 1 is 0.969 bits per heavy atom. The van der Waals surface area contributed by atoms with E-state index in [-0.39, 0.29) is 12.3 Å². The molecule has 3 aromatic carbocycles. The van der Waals surface area contributed by atoms with E-state index in [0.717, 1.165) is 38.0 Å². The lowest BCUT2D eigenvalue weighted by molar-refractivity contribution is -0.118. The van der Waals surface area contributed by atoms with Crippen LogP contribution in [0, 0.1) is 0 Å². The Bertz CT molecular complexity index is 1400. The van der Waals surface area contributed by atoms with Gasteiger partial charge in [-0.25, -0.2) is 4.98 Å². The fourth-order valence-corrected chi connectivity index (χ4v) is 4.68. The first-order valence-electron chi connectivity index (χ1n) is 10.3. The SMILES string of the molecule is COc1ccc2nc(N(Cc3ccccn3)C(=O)Cc3ccc4ccccc4c3)sc2c1. The number of hydrogen-bond donors (Lipinski definition) is 0. The predicted octanol–water partition coefficient (Wildman–Crippen LogP) is 5.63. The van der Waals surface area contributed by atoms with E-state index < -0.39 is 0 Å². The Labute approximate surface area is 189 Å². The molecule has 158 valence electrons. The van der Waals surface area contributed by atoms with Crippen LogP contribution in [-0.4, -0.2) is 23.0 Å². The van der Waals surface area contributed by atoms with Crippen LogP contribution >= 0.6 is 11.3 Å². The van der Waals surface area contributed by atoms with Crippen molar-refractivity contribution in [3.8, 4) is 5.75 Å². The minimum absolute atomic E-state index is 0.0167. The number of carbonyl (C=O) groups excluding carboxylic acids is 1. The topological polar surface area (TPSA) is 55.3 Å². The maximum atomic E-state index is 13.5. The lowest BCUT2D eigenvalue weighted by Crippen LogP contribution is -2.32. The number of hydrogen-bond acceptors (Lipinski definition) is 5. The van der Waals surface area contributed by atoms with Gasteiger partial charge in [0, 0.05) is 6.20 Å². The van der Waals surface area contributed by atoms with Crippen LogP contribution in [0.2, 0.25) is 0 Å². The lowest BCUT2D eigenvalue weighted by Gasteiger charge is -2.19. The van der Waals surface area contributed by atoms with Gasteiger partial charge in [0.15, 0.2) is 5.13 Å². The van der Waals surface area contributed by atoms with Gasteiger partial charge in [-0.2, -0.15) is 0 Å². The highest BCUT2D eigenvalue weighted by molar-refractivity contribution is 7.22. The van der Waals surface area contributed by atoms with Crippen LogP contribution < -0.4 is 9.64 Å². The number of aromatic nitrogens is 2. The fourth-order valence-electron chi connectivity index (χ4n) is 3.67. The molecule has 0 radical (unpaired) electrons. The predicted molar refractivity (Wildman–Crippen MR) is 129 cm³/mol. The molecule has 5 aromatic rings. The molecule has 2 aromatic heterocycles. The van der Waals surface area contributed by atoms with Crippen LogP contribution in [0.4, 0.5) is 5.13 Å². The number of pyridine rings is 1. The second-order valence-corrected chi connectivity index (χ2v) is 8.50. The molecule has 0 unspecified atom stereocenters. The van der Waals surface area contributed by atoms with Crippen LogP contribution in [0.5, 0.6) is 5.75 Å². The van der Waals surface area contributed by atoms with Crippen LogP contribution in [0.25, 0.3) is 21.0 Å². The Balaban J connectivity index is 1.49. The van der Waals surface area contributed by atoms with Crippen molar-refractivity contribution in [1.29, 1.82) is 0 Å². The zero-order valence-corrected chi connectivity index (χ0v) is 18.4. The van der Waals surface area contributed by atoms with Crippen LogP contribution in [-0.2, 0) is 17.8 Å². The summed E-state index contributed by atoms with van der Waals surface area (Å²) in [5.41, 5.74) is 2.63. The van der Waals surface area contributed by atoms with E-state index >= 15 is 0 Å². The minimum atomic E-state index is -0.0167. The molecule has 6 heteroatoms. The molecule has 0 spiro atoms. The zero-order chi connectivity index (χ0) is 21.9. The number of amides is 1. The number of benzene rings is 3. The molecule has 5 rings (SSSR count). The summed E-state index contributed by atoms with van der Waals surface area (Å²) < 4.78 is 6.31. The molecule has 0 saturated carbocycles. The second-order valence-electron chi connectivity index (χ2n) is 7.49. The largest absolute Gasteiger partial charge is 0.497 e. The molecule has 32 heavy (non-hydrogen) atoms. The van der Waals surface area contributed by atoms with Crippen molar-refractivity contribution in [1.82, 2.24) is 9.97 Å². The van der Waals surface area contributed by atoms with Crippen LogP contribution in [0.15, 0.2) is 85.1 Å². The van der Waals surface area contributed by atoms with Gasteiger partial charge in [-0.1, -0.05) is 59.9 Å². The van der Waals surface area contributed by atoms with Gasteiger partial charge >= 0.3 is 0 Å². The molecule has 0 atom stereocenters. The maximum absolute atomic E-state index is 13.5. The van der Waals surface area contributed by atoms with Crippen molar-refractivity contribution < 1.29 is 9.53 Å². The van der Waals surface area contributed by atoms with Gasteiger partial charge < -0.3 is 4.74 Å². The standard InChI is InChI=1S/C26H21N3O2S/c1-31-22-11-12-23-24(16-22)32-26(28-23)29(17-21-8-4-5-13-27-21)25(30)15-18-9-10-19-6-2-3-7-20(19)14-18/h2-14,16H,15,17H2,1H3. The number of rotatable bonds is 6. The van der Waals surface area contributed by atoms with Crippen molar-refractivity contribution in [2.45, 2.75) is 13.0 Å². The number of thiazole rings is 1. The summed E-state index contributed by atoms with van der Waals surface area (Å²) >= 11 is 1.48. The Morgan fingerprint density at radius 3 is 2.62 bits per heavy atom. The van der Waals surface area contributed by atoms with E-state index in [2.05, 4.69) is 29.2 Å². The van der Waals surface area contributed by atoms with E-state index in [1.807, 2.05) is 54.6 Å². The third kappa shape index (κ3) is 4.18. The van der Waals surface area contributed by atoms with E-state index in [1.165, 1.54) is 11.3 Å². The number of carbonyl (C=O) groups is 1. The molecule has 2 heterocycles. The van der Waals surface area contributed by atoms with E-state index in [4.69, 9.17) is 9.72 Å². The monoisotopic (exact) mass is 439 g/mol. The number of methoxy groups -OCH3 is 1. The highest BCUT2D eigenvalue weighted by Gasteiger charge is 2.21. The summed E-state index contributed by atoms with van der Waals surface area (Å²) in [7, 11) is 1.64. The van der Waals surface area contributed by atoms with Gasteiger partial charge in [0.2, 0.25) is 5.91 Å². The number of ether oxygens (including phenoxy) is 1. The lowest BCUT2D eigenvalue weighted by atomic mass is 10.0. The summed E-state index contributed by atoms with van der Waals surface area (Å²) in [6, 6.07) is 25.8. The first kappa shape index (κ1) is 20.2. The molecule has 0 bridgehead atoms. The average Bonchev–Trinajstić information content (AvgIpc) is 3.26. The van der Waals surface area contributed by atoms with Crippen molar-refractivity contribution in [2.24, 2.45) is 0 Å². The van der Waals surface area contributed by atoms with E-state index in [0.29, 0.717) is 11.7 Å². The van der Waals surface area contributed by atoms with Crippen LogP contribution in [0.1, 0.15) is 11.3 Å². The van der Waals surface area contributed by atoms with E-state index in [9.17, 15) is 4.79 Å². The number of anilines is 1. The van der Waals surface area contributed by atoms with Gasteiger partial charge in [0.25, 0.3) is 0 Å². The number of fused-ring (bicyclic) bond motifs is 2. The summed E-state index contributed by atoms with van der Waals surface area (Å²) in [4.78, 5) is 24.4. The Hall–Kier alpha value is -3.77. The van der Waals surface area contributed by atoms with Crippen molar-refractivity contribution in [2.75, 3.05) is 12.0 Å². The molecule has 0 N–H and O–H groups in total. The number of nitrogens with zero attached hydrogens (tertiary/aromatic N) is 3. The molecule has 0 fully saturated rings. The minimum Gasteiger partial charge on any atom is -0.497 e. The smallest absolute Gasteiger partial charge is 0.233 e. The molecular formula is C26H21N3O2S. The first-order valence-corrected chi connectivity index (χ1v) is 11.1. The second kappa shape index (κ2) is 8.77. The first-order chi connectivity index (χ1) is 15.7. The third-order valence-corrected chi connectivity index (χ3v) is 6.37. The van der Waals surface area contributed by atoms with Crippen molar-refractivity contribution in [3.63, 3.8) is 0 Å². The normalized spacial score (nSPS) is 11.0. The molecule has 0 saturated heterocycles. The molecule has 0 aliphatic rings. The summed E-state index contributed by atoms with van der Waals surface area (Å²) in [6.45, 7) is 0.365. The van der Waals surface area contributed by atoms with Gasteiger partial charge in [0.05, 0.1) is 36.0 Å². The molecule has 1 amide bonds. The van der Waals surface area contributed by atoms with Crippen molar-refractivity contribution >= 4 is 43.4 Å². The van der Waals surface area contributed by atoms with Gasteiger partial charge in [-0.3, -0.25) is 14.7 Å². The Morgan fingerprint density at radius 2 is 1.81 bits per heavy atom. The maximum Gasteiger partial charge on any atom is 0.233 e. The highest BCUT2D eigenvalue weighted by atomic mass is 32.1. The molecule has 0 aliphatic carbocycles. The molecule has 5 nitrogen and oxygen atoms in total. The van der Waals surface area contributed by atoms with Crippen LogP contribution in [0.3, 0.4) is 0 Å². The fraction of sp³-hybridized carbons (Fsp3) is 0.115. The summed E-state index contributed by atoms with van der Waals surface area (Å²) in [6.07, 6.45) is 2.03. The quantitative estimate of drug-likeness (QED) is 0.344. The highest BCUT2D eigenvalue weighted by Crippen LogP contribution is 2.32. The van der Waals surface area contributed by atoms with Gasteiger partial charge in [0.1, 0.15) is 5.75 Å². The Kier molecular flexibility index (Phi) is 5.52. The molecular weight excluding hydrogens is 418 g/mol. The van der Waals surface area contributed by atoms with Gasteiger partial charge in [-0.05, 0) is 46.7 Å².